The lowest BCUT2D eigenvalue weighted by Gasteiger charge is -2.19. The Kier molecular flexibility index (Phi) is 4.35. The van der Waals surface area contributed by atoms with Crippen LogP contribution < -0.4 is 0 Å². The fourth-order valence-corrected chi connectivity index (χ4v) is 2.54. The Hall–Kier alpha value is -1.12. The molecule has 0 heterocycles. The molecule has 0 saturated carbocycles. The average Bonchev–Trinajstić information content (AvgIpc) is 2.77. The molecule has 2 rings (SSSR count). The second-order valence-corrected chi connectivity index (χ2v) is 4.70. The summed E-state index contributed by atoms with van der Waals surface area (Å²) in [7, 11) is 0. The highest BCUT2D eigenvalue weighted by Crippen LogP contribution is 2.23. The van der Waals surface area contributed by atoms with Gasteiger partial charge in [0.05, 0.1) is 6.61 Å². The number of hydrogen-bond donors (Lipinski definition) is 1. The van der Waals surface area contributed by atoms with Crippen LogP contribution in [0.3, 0.4) is 0 Å². The summed E-state index contributed by atoms with van der Waals surface area (Å²) in [6.07, 6.45) is 5.65. The molecule has 2 nitrogen and oxygen atoms in total. The van der Waals surface area contributed by atoms with E-state index in [1.165, 1.54) is 36.0 Å². The zero-order chi connectivity index (χ0) is 12.1. The molecular weight excluding hydrogens is 210 g/mol. The van der Waals surface area contributed by atoms with Gasteiger partial charge in [-0.05, 0) is 36.0 Å². The Bertz CT molecular complexity index is 387. The number of rotatable bonds is 6. The second-order valence-electron chi connectivity index (χ2n) is 4.70. The minimum Gasteiger partial charge on any atom is -0.395 e. The summed E-state index contributed by atoms with van der Waals surface area (Å²) in [5.74, 6) is 0. The third-order valence-corrected chi connectivity index (χ3v) is 3.37. The second kappa shape index (κ2) is 5.99. The Labute approximate surface area is 104 Å². The molecule has 92 valence electrons. The molecule has 0 bridgehead atoms. The lowest BCUT2D eigenvalue weighted by molar-refractivity contribution is 0.203. The van der Waals surface area contributed by atoms with E-state index in [9.17, 15) is 0 Å². The summed E-state index contributed by atoms with van der Waals surface area (Å²) >= 11 is 0. The van der Waals surface area contributed by atoms with Crippen molar-refractivity contribution in [2.24, 2.45) is 0 Å². The summed E-state index contributed by atoms with van der Waals surface area (Å²) in [6.45, 7) is 6.41. The maximum atomic E-state index is 9.02. The van der Waals surface area contributed by atoms with E-state index in [2.05, 4.69) is 29.7 Å². The summed E-state index contributed by atoms with van der Waals surface area (Å²) in [6, 6.07) is 6.82. The van der Waals surface area contributed by atoms with Crippen LogP contribution >= 0.6 is 0 Å². The molecule has 1 aromatic carbocycles. The number of aryl methyl sites for hydroxylation is 2. The minimum absolute atomic E-state index is 0.207. The molecule has 2 heteroatoms. The molecule has 0 aliphatic heterocycles. The molecular formula is C15H21NO. The first kappa shape index (κ1) is 12.3. The van der Waals surface area contributed by atoms with E-state index in [0.29, 0.717) is 6.54 Å². The standard InChI is InChI=1S/C15H21NO/c1-2-8-16(9-10-17)12-13-6-7-14-4-3-5-15(14)11-13/h2,6-7,11,17H,1,3-5,8-10,12H2. The van der Waals surface area contributed by atoms with Gasteiger partial charge in [-0.15, -0.1) is 6.58 Å². The van der Waals surface area contributed by atoms with Gasteiger partial charge in [0.2, 0.25) is 0 Å². The third-order valence-electron chi connectivity index (χ3n) is 3.37. The number of aliphatic hydroxyl groups is 1. The van der Waals surface area contributed by atoms with Crippen LogP contribution in [0.2, 0.25) is 0 Å². The normalized spacial score (nSPS) is 14.0. The number of fused-ring (bicyclic) bond motifs is 1. The number of nitrogens with zero attached hydrogens (tertiary/aromatic N) is 1. The number of benzene rings is 1. The molecule has 1 aliphatic rings. The van der Waals surface area contributed by atoms with Crippen LogP contribution in [-0.2, 0) is 19.4 Å². The van der Waals surface area contributed by atoms with E-state index in [-0.39, 0.29) is 6.61 Å². The molecule has 0 fully saturated rings. The molecule has 17 heavy (non-hydrogen) atoms. The molecule has 1 aliphatic carbocycles. The Morgan fingerprint density at radius 1 is 1.29 bits per heavy atom. The Morgan fingerprint density at radius 2 is 2.12 bits per heavy atom. The summed E-state index contributed by atoms with van der Waals surface area (Å²) in [5, 5.41) is 9.02. The first-order valence-electron chi connectivity index (χ1n) is 6.38. The Morgan fingerprint density at radius 3 is 2.88 bits per heavy atom. The van der Waals surface area contributed by atoms with Gasteiger partial charge >= 0.3 is 0 Å². The Balaban J connectivity index is 2.03. The van der Waals surface area contributed by atoms with E-state index >= 15 is 0 Å². The SMILES string of the molecule is C=CCN(CCO)Cc1ccc2c(c1)CCC2. The average molecular weight is 231 g/mol. The van der Waals surface area contributed by atoms with Gasteiger partial charge in [-0.3, -0.25) is 4.90 Å². The summed E-state index contributed by atoms with van der Waals surface area (Å²) < 4.78 is 0. The van der Waals surface area contributed by atoms with Gasteiger partial charge in [0, 0.05) is 19.6 Å². The van der Waals surface area contributed by atoms with Crippen LogP contribution in [0.15, 0.2) is 30.9 Å². The molecule has 0 atom stereocenters. The van der Waals surface area contributed by atoms with Gasteiger partial charge in [-0.2, -0.15) is 0 Å². The van der Waals surface area contributed by atoms with Crippen LogP contribution in [-0.4, -0.2) is 29.7 Å². The lowest BCUT2D eigenvalue weighted by atomic mass is 10.1. The van der Waals surface area contributed by atoms with Crippen molar-refractivity contribution in [1.82, 2.24) is 4.90 Å². The maximum Gasteiger partial charge on any atom is 0.0558 e. The highest BCUT2D eigenvalue weighted by Gasteiger charge is 2.11. The fraction of sp³-hybridized carbons (Fsp3) is 0.467. The quantitative estimate of drug-likeness (QED) is 0.758. The highest BCUT2D eigenvalue weighted by atomic mass is 16.3. The molecule has 1 aromatic rings. The predicted octanol–water partition coefficient (Wildman–Crippen LogP) is 2.16. The van der Waals surface area contributed by atoms with Crippen LogP contribution in [0.5, 0.6) is 0 Å². The highest BCUT2D eigenvalue weighted by molar-refractivity contribution is 5.35. The van der Waals surface area contributed by atoms with Crippen LogP contribution in [0.4, 0.5) is 0 Å². The van der Waals surface area contributed by atoms with E-state index in [4.69, 9.17) is 5.11 Å². The molecule has 0 aromatic heterocycles. The zero-order valence-electron chi connectivity index (χ0n) is 10.4. The van der Waals surface area contributed by atoms with Gasteiger partial charge in [-0.1, -0.05) is 24.3 Å². The lowest BCUT2D eigenvalue weighted by Crippen LogP contribution is -2.26. The van der Waals surface area contributed by atoms with Crippen LogP contribution in [0.1, 0.15) is 23.1 Å². The van der Waals surface area contributed by atoms with Gasteiger partial charge in [0.1, 0.15) is 0 Å². The molecule has 0 radical (unpaired) electrons. The smallest absolute Gasteiger partial charge is 0.0558 e. The van der Waals surface area contributed by atoms with Crippen molar-refractivity contribution < 1.29 is 5.11 Å². The summed E-state index contributed by atoms with van der Waals surface area (Å²) in [4.78, 5) is 2.21. The minimum atomic E-state index is 0.207. The monoisotopic (exact) mass is 231 g/mol. The topological polar surface area (TPSA) is 23.5 Å². The van der Waals surface area contributed by atoms with E-state index in [0.717, 1.165) is 13.1 Å². The maximum absolute atomic E-state index is 9.02. The van der Waals surface area contributed by atoms with Crippen molar-refractivity contribution in [3.05, 3.63) is 47.5 Å². The predicted molar refractivity (Wildman–Crippen MR) is 71.0 cm³/mol. The van der Waals surface area contributed by atoms with Crippen molar-refractivity contribution in [2.45, 2.75) is 25.8 Å². The molecule has 0 saturated heterocycles. The van der Waals surface area contributed by atoms with Gasteiger partial charge < -0.3 is 5.11 Å². The van der Waals surface area contributed by atoms with Gasteiger partial charge in [0.25, 0.3) is 0 Å². The third kappa shape index (κ3) is 3.18. The molecule has 0 spiro atoms. The first-order valence-corrected chi connectivity index (χ1v) is 6.38. The van der Waals surface area contributed by atoms with Crippen molar-refractivity contribution in [3.63, 3.8) is 0 Å². The van der Waals surface area contributed by atoms with Crippen LogP contribution in [0, 0.1) is 0 Å². The van der Waals surface area contributed by atoms with Crippen molar-refractivity contribution in [2.75, 3.05) is 19.7 Å². The van der Waals surface area contributed by atoms with Crippen molar-refractivity contribution in [3.8, 4) is 0 Å². The fourth-order valence-electron chi connectivity index (χ4n) is 2.54. The molecule has 1 N–H and O–H groups in total. The number of hydrogen-bond acceptors (Lipinski definition) is 2. The van der Waals surface area contributed by atoms with E-state index < -0.39 is 0 Å². The molecule has 0 unspecified atom stereocenters. The van der Waals surface area contributed by atoms with Crippen LogP contribution in [0.25, 0.3) is 0 Å². The first-order chi connectivity index (χ1) is 8.33. The van der Waals surface area contributed by atoms with E-state index in [1.54, 1.807) is 0 Å². The summed E-state index contributed by atoms with van der Waals surface area (Å²) in [5.41, 5.74) is 4.39. The van der Waals surface area contributed by atoms with Gasteiger partial charge in [0.15, 0.2) is 0 Å². The molecule has 0 amide bonds. The number of aliphatic hydroxyl groups excluding tert-OH is 1. The van der Waals surface area contributed by atoms with Crippen molar-refractivity contribution >= 4 is 0 Å². The zero-order valence-corrected chi connectivity index (χ0v) is 10.4. The van der Waals surface area contributed by atoms with E-state index in [1.807, 2.05) is 6.08 Å². The largest absolute Gasteiger partial charge is 0.395 e. The van der Waals surface area contributed by atoms with Gasteiger partial charge in [-0.25, -0.2) is 0 Å². The van der Waals surface area contributed by atoms with Crippen molar-refractivity contribution in [1.29, 1.82) is 0 Å².